The average molecular weight is 284 g/mol. The Morgan fingerprint density at radius 2 is 2.35 bits per heavy atom. The van der Waals surface area contributed by atoms with Crippen molar-refractivity contribution in [2.24, 2.45) is 17.1 Å². The van der Waals surface area contributed by atoms with Crippen molar-refractivity contribution in [1.82, 2.24) is 5.32 Å². The van der Waals surface area contributed by atoms with E-state index < -0.39 is 18.6 Å². The van der Waals surface area contributed by atoms with Gasteiger partial charge in [0.25, 0.3) is 0 Å². The van der Waals surface area contributed by atoms with Crippen LogP contribution in [-0.2, 0) is 9.45 Å². The summed E-state index contributed by atoms with van der Waals surface area (Å²) in [6, 6.07) is 0. The number of carboxylic acids is 1. The Morgan fingerprint density at radius 3 is 2.90 bits per heavy atom. The molecule has 1 aliphatic carbocycles. The van der Waals surface area contributed by atoms with Crippen LogP contribution in [0.5, 0.6) is 0 Å². The molecule has 3 atom stereocenters. The van der Waals surface area contributed by atoms with Gasteiger partial charge in [0.2, 0.25) is 0 Å². The van der Waals surface area contributed by atoms with E-state index in [4.69, 9.17) is 10.4 Å². The molecule has 7 heteroatoms. The van der Waals surface area contributed by atoms with E-state index >= 15 is 0 Å². The van der Waals surface area contributed by atoms with Crippen LogP contribution in [0.4, 0.5) is 0 Å². The van der Waals surface area contributed by atoms with Crippen LogP contribution in [0, 0.1) is 11.3 Å². The van der Waals surface area contributed by atoms with Gasteiger partial charge < -0.3 is 25.8 Å². The number of nitrogens with one attached hydrogen (secondary N) is 1. The van der Waals surface area contributed by atoms with Gasteiger partial charge in [-0.25, -0.2) is 0 Å². The van der Waals surface area contributed by atoms with Crippen LogP contribution in [0.1, 0.15) is 32.1 Å². The molecular formula is C13H25BN2O4. The van der Waals surface area contributed by atoms with Crippen LogP contribution in [-0.4, -0.2) is 49.0 Å². The molecule has 0 aromatic rings. The summed E-state index contributed by atoms with van der Waals surface area (Å²) in [7, 11) is 0.694. The molecule has 1 spiro atoms. The van der Waals surface area contributed by atoms with Gasteiger partial charge in [0.05, 0.1) is 0 Å². The number of hydrogen-bond donors (Lipinski definition) is 4. The Kier molecular flexibility index (Phi) is 4.74. The molecule has 3 unspecified atom stereocenters. The normalized spacial score (nSPS) is 36.6. The second-order valence-electron chi connectivity index (χ2n) is 6.47. The largest absolute Gasteiger partial charge is 0.480 e. The first-order chi connectivity index (χ1) is 9.42. The lowest BCUT2D eigenvalue weighted by molar-refractivity contribution is -0.145. The minimum Gasteiger partial charge on any atom is -0.480 e. The zero-order valence-corrected chi connectivity index (χ0v) is 12.1. The highest BCUT2D eigenvalue weighted by Crippen LogP contribution is 2.51. The third-order valence-corrected chi connectivity index (χ3v) is 5.08. The molecule has 1 heterocycles. The van der Waals surface area contributed by atoms with Gasteiger partial charge in [-0.1, -0.05) is 6.42 Å². The standard InChI is InChI=1S/C13H25BN2O4/c1-20-14(19)5-2-3-10-7-12(4-6-16-9-12)8-13(10,15)11(17)18/h10,16,19H,2-9,15H2,1H3,(H,17,18). The van der Waals surface area contributed by atoms with E-state index in [1.165, 1.54) is 7.11 Å². The van der Waals surface area contributed by atoms with E-state index in [1.807, 2.05) is 0 Å². The van der Waals surface area contributed by atoms with Crippen molar-refractivity contribution >= 4 is 13.1 Å². The quantitative estimate of drug-likeness (QED) is 0.514. The maximum atomic E-state index is 11.6. The first-order valence-corrected chi connectivity index (χ1v) is 7.36. The molecule has 114 valence electrons. The van der Waals surface area contributed by atoms with Crippen molar-refractivity contribution in [3.63, 3.8) is 0 Å². The van der Waals surface area contributed by atoms with E-state index in [9.17, 15) is 14.9 Å². The lowest BCUT2D eigenvalue weighted by Crippen LogP contribution is -2.51. The summed E-state index contributed by atoms with van der Waals surface area (Å²) in [6.07, 6.45) is 4.41. The van der Waals surface area contributed by atoms with Crippen LogP contribution in [0.2, 0.25) is 6.32 Å². The van der Waals surface area contributed by atoms with Crippen molar-refractivity contribution in [1.29, 1.82) is 0 Å². The Balaban J connectivity index is 1.99. The fraction of sp³-hybridized carbons (Fsp3) is 0.923. The van der Waals surface area contributed by atoms with Gasteiger partial charge in [0.1, 0.15) is 5.54 Å². The lowest BCUT2D eigenvalue weighted by Gasteiger charge is -2.27. The van der Waals surface area contributed by atoms with Crippen LogP contribution in [0.15, 0.2) is 0 Å². The van der Waals surface area contributed by atoms with Crippen molar-refractivity contribution in [2.75, 3.05) is 20.2 Å². The molecule has 1 aliphatic heterocycles. The number of hydrogen-bond acceptors (Lipinski definition) is 5. The molecule has 5 N–H and O–H groups in total. The Bertz CT molecular complexity index is 362. The van der Waals surface area contributed by atoms with Crippen molar-refractivity contribution in [3.8, 4) is 0 Å². The van der Waals surface area contributed by atoms with Gasteiger partial charge in [-0.15, -0.1) is 0 Å². The highest BCUT2D eigenvalue weighted by atomic mass is 16.5. The summed E-state index contributed by atoms with van der Waals surface area (Å²) in [6.45, 7) is 1.82. The summed E-state index contributed by atoms with van der Waals surface area (Å²) in [4.78, 5) is 11.6. The van der Waals surface area contributed by atoms with Crippen LogP contribution in [0.3, 0.4) is 0 Å². The molecule has 0 radical (unpaired) electrons. The Labute approximate surface area is 120 Å². The molecule has 2 rings (SSSR count). The first-order valence-electron chi connectivity index (χ1n) is 7.36. The highest BCUT2D eigenvalue weighted by Gasteiger charge is 2.56. The zero-order chi connectivity index (χ0) is 14.8. The SMILES string of the molecule is COB(O)CCCC1CC2(CCNC2)CC1(N)C(=O)O. The molecule has 1 saturated carbocycles. The van der Waals surface area contributed by atoms with E-state index in [-0.39, 0.29) is 11.3 Å². The molecule has 0 aromatic carbocycles. The molecule has 2 fully saturated rings. The Morgan fingerprint density at radius 1 is 1.60 bits per heavy atom. The van der Waals surface area contributed by atoms with Gasteiger partial charge in [-0.3, -0.25) is 4.79 Å². The average Bonchev–Trinajstić information content (AvgIpc) is 2.96. The van der Waals surface area contributed by atoms with Crippen LogP contribution in [0.25, 0.3) is 0 Å². The predicted octanol–water partition coefficient (Wildman–Crippen LogP) is 0.0653. The van der Waals surface area contributed by atoms with Crippen molar-refractivity contribution in [3.05, 3.63) is 0 Å². The van der Waals surface area contributed by atoms with Crippen molar-refractivity contribution < 1.29 is 19.6 Å². The van der Waals surface area contributed by atoms with Gasteiger partial charge >= 0.3 is 13.1 Å². The number of aliphatic carboxylic acids is 1. The van der Waals surface area contributed by atoms with Gasteiger partial charge in [0.15, 0.2) is 0 Å². The maximum Gasteiger partial charge on any atom is 0.453 e. The summed E-state index contributed by atoms with van der Waals surface area (Å²) < 4.78 is 4.81. The second-order valence-corrected chi connectivity index (χ2v) is 6.47. The minimum atomic E-state index is -1.12. The number of nitrogens with two attached hydrogens (primary N) is 1. The minimum absolute atomic E-state index is 0.0241. The number of carboxylic acid groups (broad SMARTS) is 1. The number of rotatable bonds is 6. The molecule has 2 aliphatic rings. The molecule has 0 aromatic heterocycles. The summed E-state index contributed by atoms with van der Waals surface area (Å²) in [5.74, 6) is -0.914. The van der Waals surface area contributed by atoms with E-state index in [1.54, 1.807) is 0 Å². The van der Waals surface area contributed by atoms with Crippen LogP contribution < -0.4 is 11.1 Å². The third-order valence-electron chi connectivity index (χ3n) is 5.08. The fourth-order valence-corrected chi connectivity index (χ4v) is 3.93. The predicted molar refractivity (Wildman–Crippen MR) is 76.2 cm³/mol. The second kappa shape index (κ2) is 6.01. The van der Waals surface area contributed by atoms with E-state index in [0.29, 0.717) is 12.7 Å². The molecule has 20 heavy (non-hydrogen) atoms. The molecule has 1 saturated heterocycles. The summed E-state index contributed by atoms with van der Waals surface area (Å²) >= 11 is 0. The molecule has 6 nitrogen and oxygen atoms in total. The summed E-state index contributed by atoms with van der Waals surface area (Å²) in [5.41, 5.74) is 5.16. The number of carbonyl (C=O) groups is 1. The van der Waals surface area contributed by atoms with Gasteiger partial charge in [0, 0.05) is 13.7 Å². The maximum absolute atomic E-state index is 11.6. The molecular weight excluding hydrogens is 259 g/mol. The lowest BCUT2D eigenvalue weighted by atomic mass is 9.78. The van der Waals surface area contributed by atoms with Gasteiger partial charge in [-0.2, -0.15) is 0 Å². The van der Waals surface area contributed by atoms with Crippen molar-refractivity contribution in [2.45, 2.75) is 44.0 Å². The zero-order valence-electron chi connectivity index (χ0n) is 12.1. The summed E-state index contributed by atoms with van der Waals surface area (Å²) in [5, 5.41) is 22.2. The molecule has 0 bridgehead atoms. The third kappa shape index (κ3) is 3.00. The highest BCUT2D eigenvalue weighted by molar-refractivity contribution is 6.42. The van der Waals surface area contributed by atoms with E-state index in [0.717, 1.165) is 38.8 Å². The first kappa shape index (κ1) is 15.8. The topological polar surface area (TPSA) is 105 Å². The van der Waals surface area contributed by atoms with Gasteiger partial charge in [-0.05, 0) is 49.9 Å². The smallest absolute Gasteiger partial charge is 0.453 e. The Hall–Kier alpha value is -0.625. The molecule has 0 amide bonds. The van der Waals surface area contributed by atoms with Crippen LogP contribution >= 0.6 is 0 Å². The van der Waals surface area contributed by atoms with E-state index in [2.05, 4.69) is 5.32 Å². The monoisotopic (exact) mass is 284 g/mol. The fourth-order valence-electron chi connectivity index (χ4n) is 3.93.